The zero-order chi connectivity index (χ0) is 13.9. The van der Waals surface area contributed by atoms with Crippen LogP contribution in [0.25, 0.3) is 0 Å². The molecule has 3 rings (SSSR count). The quantitative estimate of drug-likeness (QED) is 0.891. The van der Waals surface area contributed by atoms with Gasteiger partial charge in [0.15, 0.2) is 0 Å². The largest absolute Gasteiger partial charge is 0.340 e. The van der Waals surface area contributed by atoms with Gasteiger partial charge in [0.2, 0.25) is 5.91 Å². The van der Waals surface area contributed by atoms with E-state index in [-0.39, 0.29) is 11.8 Å². The topological polar surface area (TPSA) is 54.0 Å². The van der Waals surface area contributed by atoms with Crippen LogP contribution >= 0.6 is 0 Å². The maximum atomic E-state index is 11.6. The maximum Gasteiger partial charge on any atom is 0.227 e. The van der Waals surface area contributed by atoms with Crippen LogP contribution in [0.3, 0.4) is 0 Å². The molecule has 2 N–H and O–H groups in total. The number of aryl methyl sites for hydroxylation is 1. The fourth-order valence-electron chi connectivity index (χ4n) is 1.92. The van der Waals surface area contributed by atoms with E-state index in [1.165, 1.54) is 5.56 Å². The first-order chi connectivity index (χ1) is 9.70. The van der Waals surface area contributed by atoms with Gasteiger partial charge < -0.3 is 10.6 Å². The lowest BCUT2D eigenvalue weighted by atomic mass is 10.2. The van der Waals surface area contributed by atoms with Crippen LogP contribution in [0.4, 0.5) is 17.2 Å². The van der Waals surface area contributed by atoms with Gasteiger partial charge >= 0.3 is 0 Å². The Bertz CT molecular complexity index is 601. The van der Waals surface area contributed by atoms with Gasteiger partial charge in [-0.1, -0.05) is 17.7 Å². The number of amides is 1. The number of rotatable bonds is 4. The smallest absolute Gasteiger partial charge is 0.227 e. The minimum absolute atomic E-state index is 0.103. The summed E-state index contributed by atoms with van der Waals surface area (Å²) in [6.07, 6.45) is 3.69. The van der Waals surface area contributed by atoms with Crippen LogP contribution in [0.5, 0.6) is 0 Å². The zero-order valence-electron chi connectivity index (χ0n) is 11.4. The van der Waals surface area contributed by atoms with Crippen molar-refractivity contribution in [1.82, 2.24) is 4.98 Å². The van der Waals surface area contributed by atoms with E-state index in [0.717, 1.165) is 30.0 Å². The minimum atomic E-state index is 0.103. The number of anilines is 3. The predicted molar refractivity (Wildman–Crippen MR) is 80.1 cm³/mol. The molecule has 1 heterocycles. The van der Waals surface area contributed by atoms with Gasteiger partial charge in [0.1, 0.15) is 5.82 Å². The molecule has 0 unspecified atom stereocenters. The van der Waals surface area contributed by atoms with Gasteiger partial charge in [-0.05, 0) is 44.0 Å². The van der Waals surface area contributed by atoms with Crippen LogP contribution in [-0.2, 0) is 4.79 Å². The maximum absolute atomic E-state index is 11.6. The van der Waals surface area contributed by atoms with Gasteiger partial charge in [-0.15, -0.1) is 0 Å². The van der Waals surface area contributed by atoms with Crippen molar-refractivity contribution >= 4 is 23.1 Å². The van der Waals surface area contributed by atoms with Crippen molar-refractivity contribution in [3.05, 3.63) is 48.2 Å². The fraction of sp³-hybridized carbons (Fsp3) is 0.250. The summed E-state index contributed by atoms with van der Waals surface area (Å²) in [6, 6.07) is 11.9. The van der Waals surface area contributed by atoms with Crippen molar-refractivity contribution in [1.29, 1.82) is 0 Å². The van der Waals surface area contributed by atoms with Crippen LogP contribution in [0.2, 0.25) is 0 Å². The predicted octanol–water partition coefficient (Wildman–Crippen LogP) is 3.48. The first kappa shape index (κ1) is 12.7. The third-order valence-electron chi connectivity index (χ3n) is 3.30. The van der Waals surface area contributed by atoms with E-state index in [4.69, 9.17) is 0 Å². The highest BCUT2D eigenvalue weighted by Crippen LogP contribution is 2.30. The summed E-state index contributed by atoms with van der Waals surface area (Å²) in [4.78, 5) is 15.9. The lowest BCUT2D eigenvalue weighted by molar-refractivity contribution is -0.117. The number of hydrogen-bond donors (Lipinski definition) is 2. The lowest BCUT2D eigenvalue weighted by Crippen LogP contribution is -2.13. The molecule has 0 atom stereocenters. The molecule has 4 heteroatoms. The average molecular weight is 267 g/mol. The average Bonchev–Trinajstić information content (AvgIpc) is 3.28. The Labute approximate surface area is 118 Å². The Kier molecular flexibility index (Phi) is 3.37. The van der Waals surface area contributed by atoms with Gasteiger partial charge in [0.25, 0.3) is 0 Å². The summed E-state index contributed by atoms with van der Waals surface area (Å²) in [5, 5.41) is 6.10. The number of nitrogens with zero attached hydrogens (tertiary/aromatic N) is 1. The van der Waals surface area contributed by atoms with Crippen molar-refractivity contribution in [3.8, 4) is 0 Å². The molecule has 0 spiro atoms. The van der Waals surface area contributed by atoms with Gasteiger partial charge in [-0.2, -0.15) is 0 Å². The van der Waals surface area contributed by atoms with Gasteiger partial charge in [-0.25, -0.2) is 4.98 Å². The minimum Gasteiger partial charge on any atom is -0.340 e. The van der Waals surface area contributed by atoms with Gasteiger partial charge in [-0.3, -0.25) is 4.79 Å². The molecular formula is C16H17N3O. The highest BCUT2D eigenvalue weighted by atomic mass is 16.2. The van der Waals surface area contributed by atoms with Crippen LogP contribution in [-0.4, -0.2) is 10.9 Å². The third kappa shape index (κ3) is 3.15. The Morgan fingerprint density at radius 1 is 1.10 bits per heavy atom. The van der Waals surface area contributed by atoms with Crippen molar-refractivity contribution in [2.24, 2.45) is 5.92 Å². The second kappa shape index (κ2) is 5.33. The number of nitrogens with one attached hydrogen (secondary N) is 2. The van der Waals surface area contributed by atoms with Crippen LogP contribution < -0.4 is 10.6 Å². The van der Waals surface area contributed by atoms with Crippen molar-refractivity contribution < 1.29 is 4.79 Å². The molecule has 1 aromatic heterocycles. The number of carbonyl (C=O) groups is 1. The molecule has 20 heavy (non-hydrogen) atoms. The first-order valence-corrected chi connectivity index (χ1v) is 6.81. The van der Waals surface area contributed by atoms with Gasteiger partial charge in [0.05, 0.1) is 11.9 Å². The highest BCUT2D eigenvalue weighted by Gasteiger charge is 2.29. The van der Waals surface area contributed by atoms with E-state index in [0.29, 0.717) is 0 Å². The second-order valence-corrected chi connectivity index (χ2v) is 5.19. The Morgan fingerprint density at radius 3 is 2.40 bits per heavy atom. The van der Waals surface area contributed by atoms with Crippen molar-refractivity contribution in [2.75, 3.05) is 10.6 Å². The summed E-state index contributed by atoms with van der Waals surface area (Å²) in [6.45, 7) is 2.05. The number of hydrogen-bond acceptors (Lipinski definition) is 3. The van der Waals surface area contributed by atoms with E-state index < -0.39 is 0 Å². The molecule has 1 fully saturated rings. The highest BCUT2D eigenvalue weighted by molar-refractivity contribution is 5.93. The molecular weight excluding hydrogens is 250 g/mol. The molecule has 102 valence electrons. The summed E-state index contributed by atoms with van der Waals surface area (Å²) < 4.78 is 0. The van der Waals surface area contributed by atoms with Crippen molar-refractivity contribution in [3.63, 3.8) is 0 Å². The lowest BCUT2D eigenvalue weighted by Gasteiger charge is -2.07. The third-order valence-corrected chi connectivity index (χ3v) is 3.30. The summed E-state index contributed by atoms with van der Waals surface area (Å²) in [7, 11) is 0. The van der Waals surface area contributed by atoms with Gasteiger partial charge in [0, 0.05) is 11.6 Å². The number of carbonyl (C=O) groups excluding carboxylic acids is 1. The van der Waals surface area contributed by atoms with Crippen LogP contribution in [0, 0.1) is 12.8 Å². The normalized spacial score (nSPS) is 13.8. The molecule has 0 bridgehead atoms. The van der Waals surface area contributed by atoms with E-state index >= 15 is 0 Å². The monoisotopic (exact) mass is 267 g/mol. The molecule has 2 aromatic rings. The second-order valence-electron chi connectivity index (χ2n) is 5.19. The van der Waals surface area contributed by atoms with E-state index in [1.54, 1.807) is 6.20 Å². The molecule has 1 aliphatic carbocycles. The van der Waals surface area contributed by atoms with Crippen LogP contribution in [0.15, 0.2) is 42.6 Å². The Hall–Kier alpha value is -2.36. The molecule has 0 radical (unpaired) electrons. The standard InChI is InChI=1S/C16H17N3O/c1-11-2-6-13(7-3-11)18-15-9-8-14(10-17-15)19-16(20)12-4-5-12/h2-3,6-10,12H,4-5H2,1H3,(H,17,18)(H,19,20). The SMILES string of the molecule is Cc1ccc(Nc2ccc(NC(=O)C3CC3)cn2)cc1. The number of aromatic nitrogens is 1. The molecule has 0 aliphatic heterocycles. The number of pyridine rings is 1. The molecule has 1 saturated carbocycles. The van der Waals surface area contributed by atoms with E-state index in [1.807, 2.05) is 36.4 Å². The molecule has 0 saturated heterocycles. The van der Waals surface area contributed by atoms with Crippen molar-refractivity contribution in [2.45, 2.75) is 19.8 Å². The Balaban J connectivity index is 1.63. The molecule has 1 amide bonds. The fourth-order valence-corrected chi connectivity index (χ4v) is 1.92. The first-order valence-electron chi connectivity index (χ1n) is 6.81. The molecule has 1 aliphatic rings. The van der Waals surface area contributed by atoms with E-state index in [2.05, 4.69) is 22.5 Å². The number of benzene rings is 1. The zero-order valence-corrected chi connectivity index (χ0v) is 11.4. The summed E-state index contributed by atoms with van der Waals surface area (Å²) in [5.41, 5.74) is 2.97. The van der Waals surface area contributed by atoms with E-state index in [9.17, 15) is 4.79 Å². The molecule has 1 aromatic carbocycles. The summed E-state index contributed by atoms with van der Waals surface area (Å²) >= 11 is 0. The Morgan fingerprint density at radius 2 is 1.80 bits per heavy atom. The summed E-state index contributed by atoms with van der Waals surface area (Å²) in [5.74, 6) is 1.07. The molecule has 4 nitrogen and oxygen atoms in total. The van der Waals surface area contributed by atoms with Crippen LogP contribution in [0.1, 0.15) is 18.4 Å².